The van der Waals surface area contributed by atoms with Gasteiger partial charge in [-0.15, -0.1) is 0 Å². The molecule has 1 saturated carbocycles. The largest absolute Gasteiger partial charge is 0.396 e. The lowest BCUT2D eigenvalue weighted by atomic mass is 9.86. The van der Waals surface area contributed by atoms with Gasteiger partial charge in [-0.1, -0.05) is 6.08 Å². The van der Waals surface area contributed by atoms with Crippen LogP contribution in [0.3, 0.4) is 0 Å². The minimum atomic E-state index is -4.33. The van der Waals surface area contributed by atoms with Crippen LogP contribution in [0.25, 0.3) is 5.57 Å². The highest BCUT2D eigenvalue weighted by atomic mass is 19.4. The second-order valence-electron chi connectivity index (χ2n) is 9.89. The highest BCUT2D eigenvalue weighted by Crippen LogP contribution is 2.49. The van der Waals surface area contributed by atoms with Gasteiger partial charge < -0.3 is 15.0 Å². The van der Waals surface area contributed by atoms with Gasteiger partial charge >= 0.3 is 6.18 Å². The van der Waals surface area contributed by atoms with Crippen LogP contribution in [-0.4, -0.2) is 52.4 Å². The van der Waals surface area contributed by atoms with Gasteiger partial charge in [-0.3, -0.25) is 14.5 Å². The van der Waals surface area contributed by atoms with Gasteiger partial charge in [0.1, 0.15) is 0 Å². The fourth-order valence-electron chi connectivity index (χ4n) is 5.93. The SMILES string of the molecule is O=C(NCC1CC1)[C@H]1[C@H](CO)[C@H]2Cn3c(ccc(C4=CCCC4)c3=O)[C@@H]1N2CCC(F)(F)F. The minimum Gasteiger partial charge on any atom is -0.396 e. The zero-order chi connectivity index (χ0) is 23.3. The summed E-state index contributed by atoms with van der Waals surface area (Å²) in [4.78, 5) is 28.3. The minimum absolute atomic E-state index is 0.151. The first-order valence-electron chi connectivity index (χ1n) is 11.9. The Hall–Kier alpha value is -2.13. The van der Waals surface area contributed by atoms with E-state index in [0.717, 1.165) is 37.7 Å². The maximum Gasteiger partial charge on any atom is 0.390 e. The van der Waals surface area contributed by atoms with E-state index in [1.54, 1.807) is 21.6 Å². The predicted octanol–water partition coefficient (Wildman–Crippen LogP) is 2.86. The number of aromatic nitrogens is 1. The molecule has 0 spiro atoms. The molecule has 2 bridgehead atoms. The molecule has 0 aromatic carbocycles. The number of amides is 1. The molecule has 0 unspecified atom stereocenters. The maximum absolute atomic E-state index is 13.4. The normalized spacial score (nSPS) is 29.2. The molecule has 2 fully saturated rings. The van der Waals surface area contributed by atoms with Crippen molar-refractivity contribution in [2.75, 3.05) is 19.7 Å². The van der Waals surface area contributed by atoms with Crippen molar-refractivity contribution in [2.24, 2.45) is 17.8 Å². The first-order chi connectivity index (χ1) is 15.8. The van der Waals surface area contributed by atoms with E-state index in [1.165, 1.54) is 0 Å². The molecule has 6 nitrogen and oxygen atoms in total. The summed E-state index contributed by atoms with van der Waals surface area (Å²) < 4.78 is 41.0. The highest BCUT2D eigenvalue weighted by Gasteiger charge is 2.56. The fourth-order valence-corrected chi connectivity index (χ4v) is 5.93. The summed E-state index contributed by atoms with van der Waals surface area (Å²) in [5, 5.41) is 13.2. The number of pyridine rings is 1. The van der Waals surface area contributed by atoms with Gasteiger partial charge in [-0.25, -0.2) is 0 Å². The van der Waals surface area contributed by atoms with Gasteiger partial charge in [-0.2, -0.15) is 13.2 Å². The van der Waals surface area contributed by atoms with E-state index in [0.29, 0.717) is 23.7 Å². The Labute approximate surface area is 190 Å². The summed E-state index contributed by atoms with van der Waals surface area (Å²) in [7, 11) is 0. The van der Waals surface area contributed by atoms with E-state index in [-0.39, 0.29) is 31.2 Å². The molecule has 2 aliphatic heterocycles. The lowest BCUT2D eigenvalue weighted by molar-refractivity contribution is -0.140. The van der Waals surface area contributed by atoms with E-state index in [1.807, 2.05) is 0 Å². The number of carbonyl (C=O) groups excluding carboxylic acids is 1. The van der Waals surface area contributed by atoms with Gasteiger partial charge in [-0.05, 0) is 55.7 Å². The van der Waals surface area contributed by atoms with Crippen LogP contribution in [0.1, 0.15) is 55.8 Å². The number of allylic oxidation sites excluding steroid dienone is 2. The van der Waals surface area contributed by atoms with E-state index >= 15 is 0 Å². The third-order valence-electron chi connectivity index (χ3n) is 7.78. The van der Waals surface area contributed by atoms with Crippen LogP contribution in [0.15, 0.2) is 23.0 Å². The maximum atomic E-state index is 13.4. The molecular formula is C24H30F3N3O3. The summed E-state index contributed by atoms with van der Waals surface area (Å²) in [6.45, 7) is 0.156. The van der Waals surface area contributed by atoms with Crippen LogP contribution in [0.4, 0.5) is 13.2 Å². The number of fused-ring (bicyclic) bond motifs is 4. The average molecular weight is 466 g/mol. The number of hydrogen-bond donors (Lipinski definition) is 2. The molecule has 4 aliphatic rings. The van der Waals surface area contributed by atoms with Gasteiger partial charge in [0.25, 0.3) is 5.56 Å². The summed E-state index contributed by atoms with van der Waals surface area (Å²) in [5.74, 6) is -1.01. The van der Waals surface area contributed by atoms with Crippen LogP contribution in [-0.2, 0) is 11.3 Å². The predicted molar refractivity (Wildman–Crippen MR) is 116 cm³/mol. The molecule has 1 aromatic rings. The number of nitrogens with zero attached hydrogens (tertiary/aromatic N) is 2. The van der Waals surface area contributed by atoms with Crippen LogP contribution < -0.4 is 10.9 Å². The summed E-state index contributed by atoms with van der Waals surface area (Å²) in [6.07, 6.45) is 1.65. The van der Waals surface area contributed by atoms with Crippen molar-refractivity contribution in [1.82, 2.24) is 14.8 Å². The van der Waals surface area contributed by atoms with Crippen molar-refractivity contribution in [2.45, 2.75) is 63.3 Å². The third kappa shape index (κ3) is 4.25. The highest BCUT2D eigenvalue weighted by molar-refractivity contribution is 5.81. The Kier molecular flexibility index (Phi) is 5.89. The van der Waals surface area contributed by atoms with Gasteiger partial charge in [0.2, 0.25) is 5.91 Å². The lowest BCUT2D eigenvalue weighted by Crippen LogP contribution is -2.47. The molecule has 33 heavy (non-hydrogen) atoms. The first-order valence-corrected chi connectivity index (χ1v) is 11.9. The number of hydrogen-bond acceptors (Lipinski definition) is 4. The summed E-state index contributed by atoms with van der Waals surface area (Å²) >= 11 is 0. The van der Waals surface area contributed by atoms with E-state index in [4.69, 9.17) is 0 Å². The van der Waals surface area contributed by atoms with Gasteiger partial charge in [0, 0.05) is 49.5 Å². The van der Waals surface area contributed by atoms with Crippen molar-refractivity contribution in [3.63, 3.8) is 0 Å². The van der Waals surface area contributed by atoms with E-state index in [9.17, 15) is 27.9 Å². The second kappa shape index (κ2) is 8.58. The molecule has 1 amide bonds. The second-order valence-corrected chi connectivity index (χ2v) is 9.89. The molecule has 1 saturated heterocycles. The zero-order valence-corrected chi connectivity index (χ0v) is 18.5. The zero-order valence-electron chi connectivity index (χ0n) is 18.5. The number of aliphatic hydroxyl groups excluding tert-OH is 1. The number of nitrogens with one attached hydrogen (secondary N) is 1. The fraction of sp³-hybridized carbons (Fsp3) is 0.667. The molecule has 1 aromatic heterocycles. The van der Waals surface area contributed by atoms with Crippen molar-refractivity contribution < 1.29 is 23.1 Å². The Morgan fingerprint density at radius 2 is 2.03 bits per heavy atom. The smallest absolute Gasteiger partial charge is 0.390 e. The van der Waals surface area contributed by atoms with Crippen molar-refractivity contribution in [3.8, 4) is 0 Å². The molecule has 2 aliphatic carbocycles. The lowest BCUT2D eigenvalue weighted by Gasteiger charge is -2.38. The Morgan fingerprint density at radius 1 is 1.24 bits per heavy atom. The average Bonchev–Trinajstić information content (AvgIpc) is 3.38. The van der Waals surface area contributed by atoms with Gasteiger partial charge in [0.15, 0.2) is 0 Å². The number of carbonyl (C=O) groups is 1. The molecule has 180 valence electrons. The Balaban J connectivity index is 1.53. The summed E-state index contributed by atoms with van der Waals surface area (Å²) in [5.41, 5.74) is 2.07. The Bertz CT molecular complexity index is 1010. The van der Waals surface area contributed by atoms with Crippen LogP contribution in [0.5, 0.6) is 0 Å². The van der Waals surface area contributed by atoms with Crippen LogP contribution >= 0.6 is 0 Å². The molecule has 9 heteroatoms. The van der Waals surface area contributed by atoms with E-state index < -0.39 is 36.5 Å². The topological polar surface area (TPSA) is 74.6 Å². The Morgan fingerprint density at radius 3 is 2.67 bits per heavy atom. The van der Waals surface area contributed by atoms with Crippen molar-refractivity contribution >= 4 is 11.5 Å². The van der Waals surface area contributed by atoms with Crippen molar-refractivity contribution in [3.05, 3.63) is 39.8 Å². The number of aliphatic hydroxyl groups is 1. The first kappa shape index (κ1) is 22.7. The summed E-state index contributed by atoms with van der Waals surface area (Å²) in [6, 6.07) is 2.40. The van der Waals surface area contributed by atoms with Crippen molar-refractivity contribution in [1.29, 1.82) is 0 Å². The quantitative estimate of drug-likeness (QED) is 0.650. The standard InChI is InChI=1S/C24H30F3N3O3/c25-24(26,27)9-10-29-19-12-30-18(8-7-16(23(30)33)15-3-1-2-4-15)21(29)20(17(19)13-31)22(32)28-11-14-5-6-14/h3,7-8,14,17,19-21,31H,1-2,4-6,9-13H2,(H,28,32)/t17-,19-,20+,21+/m1/s1. The van der Waals surface area contributed by atoms with Gasteiger partial charge in [0.05, 0.1) is 18.4 Å². The molecule has 0 radical (unpaired) electrons. The van der Waals surface area contributed by atoms with E-state index in [2.05, 4.69) is 11.4 Å². The number of rotatable bonds is 7. The number of halogens is 3. The monoisotopic (exact) mass is 465 g/mol. The third-order valence-corrected chi connectivity index (χ3v) is 7.78. The molecule has 2 N–H and O–H groups in total. The molecular weight excluding hydrogens is 435 g/mol. The van der Waals surface area contributed by atoms with Crippen LogP contribution in [0, 0.1) is 17.8 Å². The molecule has 3 heterocycles. The molecule has 4 atom stereocenters. The molecule has 5 rings (SSSR count). The number of alkyl halides is 3. The van der Waals surface area contributed by atoms with Crippen LogP contribution in [0.2, 0.25) is 0 Å².